The van der Waals surface area contributed by atoms with Crippen LogP contribution in [0, 0.1) is 10.1 Å². The fourth-order valence-corrected chi connectivity index (χ4v) is 1.99. The topological polar surface area (TPSA) is 92.5 Å². The molecule has 0 aliphatic rings. The van der Waals surface area contributed by atoms with Gasteiger partial charge in [0.2, 0.25) is 5.75 Å². The highest BCUT2D eigenvalue weighted by molar-refractivity contribution is 6.33. The maximum Gasteiger partial charge on any atom is 0.329 e. The number of anilines is 1. The lowest BCUT2D eigenvalue weighted by atomic mass is 10.1. The Morgan fingerprint density at radius 2 is 1.76 bits per heavy atom. The largest absolute Gasteiger partial charge is 0.501 e. The number of halogens is 2. The van der Waals surface area contributed by atoms with Crippen molar-refractivity contribution in [3.8, 4) is 5.75 Å². The minimum absolute atomic E-state index is 0.249. The Hall–Kier alpha value is -2.31. The molecule has 0 atom stereocenters. The molecule has 0 saturated carbocycles. The van der Waals surface area contributed by atoms with E-state index in [4.69, 9.17) is 23.2 Å². The van der Waals surface area contributed by atoms with Crippen LogP contribution in [0.2, 0.25) is 10.0 Å². The lowest BCUT2D eigenvalue weighted by Gasteiger charge is -2.07. The molecular weight excluding hydrogens is 319 g/mol. The first-order valence-electron chi connectivity index (χ1n) is 5.63. The van der Waals surface area contributed by atoms with Crippen molar-refractivity contribution in [2.45, 2.75) is 0 Å². The molecule has 2 aromatic rings. The second-order valence-electron chi connectivity index (χ2n) is 4.01. The van der Waals surface area contributed by atoms with E-state index in [0.29, 0.717) is 10.7 Å². The molecule has 0 aliphatic carbocycles. The van der Waals surface area contributed by atoms with Gasteiger partial charge in [-0.2, -0.15) is 0 Å². The van der Waals surface area contributed by atoms with Gasteiger partial charge in [0.05, 0.1) is 10.5 Å². The first kappa shape index (κ1) is 15.1. The summed E-state index contributed by atoms with van der Waals surface area (Å²) in [6.45, 7) is 0. The van der Waals surface area contributed by atoms with Crippen LogP contribution < -0.4 is 5.32 Å². The summed E-state index contributed by atoms with van der Waals surface area (Å²) < 4.78 is 0. The lowest BCUT2D eigenvalue weighted by Crippen LogP contribution is -2.12. The maximum atomic E-state index is 12.0. The van der Waals surface area contributed by atoms with Crippen LogP contribution in [0.1, 0.15) is 10.4 Å². The molecule has 21 heavy (non-hydrogen) atoms. The number of nitrogens with zero attached hydrogens (tertiary/aromatic N) is 1. The maximum absolute atomic E-state index is 12.0. The van der Waals surface area contributed by atoms with E-state index in [1.807, 2.05) is 0 Å². The second kappa shape index (κ2) is 5.99. The van der Waals surface area contributed by atoms with Crippen LogP contribution in [0.5, 0.6) is 5.75 Å². The zero-order chi connectivity index (χ0) is 15.6. The van der Waals surface area contributed by atoms with Gasteiger partial charge in [-0.15, -0.1) is 0 Å². The van der Waals surface area contributed by atoms with Gasteiger partial charge in [0, 0.05) is 10.7 Å². The number of nitro benzene ring substituents is 1. The highest BCUT2D eigenvalue weighted by Gasteiger charge is 2.25. The molecule has 0 bridgehead atoms. The van der Waals surface area contributed by atoms with Crippen LogP contribution in [-0.2, 0) is 0 Å². The van der Waals surface area contributed by atoms with Crippen LogP contribution >= 0.6 is 23.2 Å². The first-order chi connectivity index (χ1) is 9.90. The van der Waals surface area contributed by atoms with E-state index in [2.05, 4.69) is 5.32 Å². The molecule has 0 fully saturated rings. The Balaban J connectivity index is 2.33. The van der Waals surface area contributed by atoms with Gasteiger partial charge in [-0.05, 0) is 36.4 Å². The third-order valence-electron chi connectivity index (χ3n) is 2.63. The molecule has 2 N–H and O–H groups in total. The first-order valence-corrected chi connectivity index (χ1v) is 6.38. The van der Waals surface area contributed by atoms with E-state index >= 15 is 0 Å². The van der Waals surface area contributed by atoms with Crippen LogP contribution in [0.4, 0.5) is 11.4 Å². The van der Waals surface area contributed by atoms with E-state index in [1.54, 1.807) is 24.3 Å². The molecule has 0 aliphatic heterocycles. The van der Waals surface area contributed by atoms with Gasteiger partial charge in [-0.1, -0.05) is 23.2 Å². The smallest absolute Gasteiger partial charge is 0.329 e. The molecular formula is C13H8Cl2N2O4. The predicted molar refractivity (Wildman–Crippen MR) is 79.2 cm³/mol. The highest BCUT2D eigenvalue weighted by atomic mass is 35.5. The number of amides is 1. The van der Waals surface area contributed by atoms with Crippen molar-refractivity contribution in [2.75, 3.05) is 5.32 Å². The van der Waals surface area contributed by atoms with Crippen LogP contribution in [-0.4, -0.2) is 15.9 Å². The standard InChI is InChI=1S/C13H8Cl2N2O4/c14-7-1-3-8(4-2-7)16-13(19)9-5-6-10(15)11(12(9)18)17(20)21/h1-6,18H,(H,16,19). The van der Waals surface area contributed by atoms with Gasteiger partial charge < -0.3 is 10.4 Å². The quantitative estimate of drug-likeness (QED) is 0.661. The van der Waals surface area contributed by atoms with Gasteiger partial charge in [0.25, 0.3) is 5.91 Å². The molecule has 108 valence electrons. The molecule has 0 spiro atoms. The Kier molecular flexibility index (Phi) is 4.30. The number of nitrogens with one attached hydrogen (secondary N) is 1. The van der Waals surface area contributed by atoms with Crippen molar-refractivity contribution in [3.63, 3.8) is 0 Å². The van der Waals surface area contributed by atoms with E-state index in [1.165, 1.54) is 12.1 Å². The molecule has 0 saturated heterocycles. The fourth-order valence-electron chi connectivity index (χ4n) is 1.64. The third-order valence-corrected chi connectivity index (χ3v) is 3.19. The zero-order valence-electron chi connectivity index (χ0n) is 10.3. The van der Waals surface area contributed by atoms with Gasteiger partial charge in [0.15, 0.2) is 0 Å². The lowest BCUT2D eigenvalue weighted by molar-refractivity contribution is -0.385. The number of hydrogen-bond donors (Lipinski definition) is 2. The number of phenols is 1. The zero-order valence-corrected chi connectivity index (χ0v) is 11.9. The van der Waals surface area contributed by atoms with E-state index < -0.39 is 22.3 Å². The monoisotopic (exact) mass is 326 g/mol. The molecule has 1 amide bonds. The Morgan fingerprint density at radius 1 is 1.14 bits per heavy atom. The van der Waals surface area contributed by atoms with E-state index in [0.717, 1.165) is 0 Å². The third kappa shape index (κ3) is 3.24. The summed E-state index contributed by atoms with van der Waals surface area (Å²) in [4.78, 5) is 22.0. The Bertz CT molecular complexity index is 717. The minimum atomic E-state index is -0.850. The number of rotatable bonds is 3. The van der Waals surface area contributed by atoms with Gasteiger partial charge in [-0.3, -0.25) is 14.9 Å². The number of carbonyl (C=O) groups excluding carboxylic acids is 1. The average molecular weight is 327 g/mol. The molecule has 0 heterocycles. The van der Waals surface area contributed by atoms with Crippen molar-refractivity contribution in [3.05, 3.63) is 62.1 Å². The molecule has 0 radical (unpaired) electrons. The van der Waals surface area contributed by atoms with Gasteiger partial charge >= 0.3 is 5.69 Å². The summed E-state index contributed by atoms with van der Waals surface area (Å²) in [5.41, 5.74) is -0.525. The normalized spacial score (nSPS) is 10.2. The average Bonchev–Trinajstić information content (AvgIpc) is 2.41. The van der Waals surface area contributed by atoms with Crippen LogP contribution in [0.15, 0.2) is 36.4 Å². The fraction of sp³-hybridized carbons (Fsp3) is 0. The van der Waals surface area contributed by atoms with E-state index in [-0.39, 0.29) is 10.6 Å². The number of benzene rings is 2. The summed E-state index contributed by atoms with van der Waals surface area (Å²) in [6, 6.07) is 8.64. The molecule has 2 rings (SSSR count). The molecule has 6 nitrogen and oxygen atoms in total. The number of carbonyl (C=O) groups is 1. The number of phenolic OH excluding ortho intramolecular Hbond substituents is 1. The van der Waals surface area contributed by atoms with Crippen LogP contribution in [0.3, 0.4) is 0 Å². The van der Waals surface area contributed by atoms with E-state index in [9.17, 15) is 20.0 Å². The summed E-state index contributed by atoms with van der Waals surface area (Å²) in [7, 11) is 0. The van der Waals surface area contributed by atoms with Crippen LogP contribution in [0.25, 0.3) is 0 Å². The number of aromatic hydroxyl groups is 1. The molecule has 0 unspecified atom stereocenters. The summed E-state index contributed by atoms with van der Waals surface area (Å²) in [5.74, 6) is -1.48. The van der Waals surface area contributed by atoms with Crippen molar-refractivity contribution >= 4 is 40.5 Å². The Morgan fingerprint density at radius 3 is 2.33 bits per heavy atom. The van der Waals surface area contributed by atoms with Gasteiger partial charge in [-0.25, -0.2) is 0 Å². The molecule has 0 aromatic heterocycles. The highest BCUT2D eigenvalue weighted by Crippen LogP contribution is 2.36. The molecule has 2 aromatic carbocycles. The van der Waals surface area contributed by atoms with Crippen molar-refractivity contribution in [1.29, 1.82) is 0 Å². The van der Waals surface area contributed by atoms with Crippen molar-refractivity contribution < 1.29 is 14.8 Å². The second-order valence-corrected chi connectivity index (χ2v) is 4.85. The van der Waals surface area contributed by atoms with Crippen molar-refractivity contribution in [2.24, 2.45) is 0 Å². The molecule has 8 heteroatoms. The summed E-state index contributed by atoms with van der Waals surface area (Å²) in [5, 5.41) is 23.4. The SMILES string of the molecule is O=C(Nc1ccc(Cl)cc1)c1ccc(Cl)c([N+](=O)[O-])c1O. The summed E-state index contributed by atoms with van der Waals surface area (Å²) in [6.07, 6.45) is 0. The minimum Gasteiger partial charge on any atom is -0.501 e. The predicted octanol–water partition coefficient (Wildman–Crippen LogP) is 3.86. The summed E-state index contributed by atoms with van der Waals surface area (Å²) >= 11 is 11.4. The Labute approximate surface area is 129 Å². The van der Waals surface area contributed by atoms with Crippen molar-refractivity contribution in [1.82, 2.24) is 0 Å². The number of hydrogen-bond acceptors (Lipinski definition) is 4. The van der Waals surface area contributed by atoms with Gasteiger partial charge in [0.1, 0.15) is 5.02 Å². The number of nitro groups is 1.